The van der Waals surface area contributed by atoms with Crippen molar-refractivity contribution in [1.29, 1.82) is 0 Å². The van der Waals surface area contributed by atoms with Crippen LogP contribution in [0.5, 0.6) is 5.75 Å². The molecule has 0 spiro atoms. The third kappa shape index (κ3) is 3.77. The van der Waals surface area contributed by atoms with Crippen LogP contribution in [0.15, 0.2) is 24.3 Å². The molecule has 3 rings (SSSR count). The Morgan fingerprint density at radius 3 is 2.50 bits per heavy atom. The van der Waals surface area contributed by atoms with Crippen molar-refractivity contribution < 1.29 is 38.1 Å². The molecule has 2 aliphatic heterocycles. The highest BCUT2D eigenvalue weighted by Gasteiger charge is 2.52. The number of carbonyl (C=O) groups excluding carboxylic acids is 3. The maximum atomic E-state index is 12.3. The second kappa shape index (κ2) is 7.14. The lowest BCUT2D eigenvalue weighted by Crippen LogP contribution is -2.41. The third-order valence-corrected chi connectivity index (χ3v) is 4.20. The Morgan fingerprint density at radius 1 is 1.23 bits per heavy atom. The van der Waals surface area contributed by atoms with Gasteiger partial charge in [0.1, 0.15) is 18.5 Å². The summed E-state index contributed by atoms with van der Waals surface area (Å²) in [5, 5.41) is 0. The molecule has 0 bridgehead atoms. The number of hydrogen-bond acceptors (Lipinski definition) is 8. The summed E-state index contributed by atoms with van der Waals surface area (Å²) >= 11 is 0. The SMILES string of the molecule is COc1ccc(C(=O)CO[C@@H]2C(=O)C(=O)O[C@H]2[C@@H]2COC(C)(C)O2)cc1. The third-order valence-electron chi connectivity index (χ3n) is 4.20. The van der Waals surface area contributed by atoms with Gasteiger partial charge in [0.2, 0.25) is 0 Å². The molecule has 0 radical (unpaired) electrons. The molecule has 2 fully saturated rings. The van der Waals surface area contributed by atoms with Crippen LogP contribution >= 0.6 is 0 Å². The van der Waals surface area contributed by atoms with Crippen LogP contribution < -0.4 is 4.74 Å². The largest absolute Gasteiger partial charge is 0.497 e. The van der Waals surface area contributed by atoms with Crippen molar-refractivity contribution in [3.8, 4) is 5.75 Å². The first-order chi connectivity index (χ1) is 12.3. The lowest BCUT2D eigenvalue weighted by Gasteiger charge is -2.23. The van der Waals surface area contributed by atoms with Crippen molar-refractivity contribution >= 4 is 17.5 Å². The first-order valence-corrected chi connectivity index (χ1v) is 8.16. The molecule has 8 heteroatoms. The molecule has 1 aromatic carbocycles. The average molecular weight is 364 g/mol. The fraction of sp³-hybridized carbons (Fsp3) is 0.500. The summed E-state index contributed by atoms with van der Waals surface area (Å²) in [7, 11) is 1.53. The van der Waals surface area contributed by atoms with Gasteiger partial charge in [0.15, 0.2) is 23.8 Å². The Labute approximate surface area is 150 Å². The molecule has 26 heavy (non-hydrogen) atoms. The molecule has 0 aromatic heterocycles. The van der Waals surface area contributed by atoms with Gasteiger partial charge in [0, 0.05) is 5.56 Å². The van der Waals surface area contributed by atoms with Crippen LogP contribution in [0.4, 0.5) is 0 Å². The van der Waals surface area contributed by atoms with Gasteiger partial charge >= 0.3 is 5.97 Å². The number of Topliss-reactive ketones (excluding diaryl/α,β-unsaturated/α-hetero) is 2. The average Bonchev–Trinajstić information content (AvgIpc) is 3.12. The molecular weight excluding hydrogens is 344 g/mol. The number of methoxy groups -OCH3 is 1. The molecule has 0 saturated carbocycles. The minimum absolute atomic E-state index is 0.157. The van der Waals surface area contributed by atoms with Gasteiger partial charge in [-0.1, -0.05) is 0 Å². The lowest BCUT2D eigenvalue weighted by atomic mass is 10.1. The summed E-state index contributed by atoms with van der Waals surface area (Å²) in [5.41, 5.74) is 0.404. The van der Waals surface area contributed by atoms with Gasteiger partial charge in [0.05, 0.1) is 13.7 Å². The second-order valence-corrected chi connectivity index (χ2v) is 6.48. The van der Waals surface area contributed by atoms with Crippen LogP contribution in [-0.2, 0) is 28.5 Å². The molecule has 2 saturated heterocycles. The molecular formula is C18H20O8. The summed E-state index contributed by atoms with van der Waals surface area (Å²) in [6.45, 7) is 3.22. The van der Waals surface area contributed by atoms with Gasteiger partial charge in [-0.05, 0) is 38.1 Å². The first kappa shape index (κ1) is 18.5. The van der Waals surface area contributed by atoms with E-state index in [1.807, 2.05) is 0 Å². The summed E-state index contributed by atoms with van der Waals surface area (Å²) in [4.78, 5) is 36.0. The summed E-state index contributed by atoms with van der Waals surface area (Å²) < 4.78 is 26.7. The molecule has 2 heterocycles. The maximum absolute atomic E-state index is 12.3. The number of cyclic esters (lactones) is 1. The minimum Gasteiger partial charge on any atom is -0.497 e. The summed E-state index contributed by atoms with van der Waals surface area (Å²) in [6, 6.07) is 6.48. The molecule has 1 aromatic rings. The van der Waals surface area contributed by atoms with Crippen molar-refractivity contribution in [1.82, 2.24) is 0 Å². The molecule has 0 unspecified atom stereocenters. The zero-order valence-electron chi connectivity index (χ0n) is 14.7. The van der Waals surface area contributed by atoms with Crippen LogP contribution in [-0.4, -0.2) is 62.0 Å². The zero-order chi connectivity index (χ0) is 18.9. The monoisotopic (exact) mass is 364 g/mol. The molecule has 0 amide bonds. The predicted molar refractivity (Wildman–Crippen MR) is 86.9 cm³/mol. The van der Waals surface area contributed by atoms with E-state index in [9.17, 15) is 14.4 Å². The predicted octanol–water partition coefficient (Wildman–Crippen LogP) is 0.909. The van der Waals surface area contributed by atoms with Crippen molar-refractivity contribution in [2.24, 2.45) is 0 Å². The topological polar surface area (TPSA) is 97.4 Å². The first-order valence-electron chi connectivity index (χ1n) is 8.16. The van der Waals surface area contributed by atoms with Crippen LogP contribution in [0.25, 0.3) is 0 Å². The van der Waals surface area contributed by atoms with Crippen molar-refractivity contribution in [2.75, 3.05) is 20.3 Å². The standard InChI is InChI=1S/C18H20O8/c1-18(2)24-9-13(26-18)15-16(14(20)17(21)25-15)23-8-12(19)10-4-6-11(22-3)7-5-10/h4-7,13,15-16H,8-9H2,1-3H3/t13-,15-,16+/m0/s1. The van der Waals surface area contributed by atoms with E-state index in [1.165, 1.54) is 7.11 Å². The highest BCUT2D eigenvalue weighted by atomic mass is 16.8. The van der Waals surface area contributed by atoms with E-state index in [0.29, 0.717) is 11.3 Å². The fourth-order valence-electron chi connectivity index (χ4n) is 2.85. The van der Waals surface area contributed by atoms with Gasteiger partial charge in [-0.2, -0.15) is 0 Å². The van der Waals surface area contributed by atoms with Gasteiger partial charge in [0.25, 0.3) is 5.78 Å². The molecule has 2 aliphatic rings. The van der Waals surface area contributed by atoms with Gasteiger partial charge < -0.3 is 23.7 Å². The zero-order valence-corrected chi connectivity index (χ0v) is 14.7. The lowest BCUT2D eigenvalue weighted by molar-refractivity contribution is -0.167. The van der Waals surface area contributed by atoms with E-state index in [-0.39, 0.29) is 19.0 Å². The number of ether oxygens (including phenoxy) is 5. The molecule has 3 atom stereocenters. The van der Waals surface area contributed by atoms with Crippen LogP contribution in [0.3, 0.4) is 0 Å². The maximum Gasteiger partial charge on any atom is 0.378 e. The van der Waals surface area contributed by atoms with E-state index >= 15 is 0 Å². The van der Waals surface area contributed by atoms with E-state index in [2.05, 4.69) is 0 Å². The Hall–Kier alpha value is -2.29. The normalized spacial score (nSPS) is 27.4. The number of rotatable bonds is 6. The van der Waals surface area contributed by atoms with Gasteiger partial charge in [-0.25, -0.2) is 4.79 Å². The number of esters is 1. The number of ketones is 2. The van der Waals surface area contributed by atoms with Crippen molar-refractivity contribution in [3.63, 3.8) is 0 Å². The number of carbonyl (C=O) groups is 3. The van der Waals surface area contributed by atoms with Crippen LogP contribution in [0.1, 0.15) is 24.2 Å². The number of benzene rings is 1. The van der Waals surface area contributed by atoms with E-state index in [1.54, 1.807) is 38.1 Å². The van der Waals surface area contributed by atoms with E-state index < -0.39 is 35.9 Å². The Balaban J connectivity index is 1.65. The smallest absolute Gasteiger partial charge is 0.378 e. The molecule has 8 nitrogen and oxygen atoms in total. The highest BCUT2D eigenvalue weighted by Crippen LogP contribution is 2.30. The minimum atomic E-state index is -1.20. The fourth-order valence-corrected chi connectivity index (χ4v) is 2.85. The second-order valence-electron chi connectivity index (χ2n) is 6.48. The Kier molecular flexibility index (Phi) is 5.08. The van der Waals surface area contributed by atoms with Crippen molar-refractivity contribution in [3.05, 3.63) is 29.8 Å². The molecule has 0 N–H and O–H groups in total. The molecule has 0 aliphatic carbocycles. The van der Waals surface area contributed by atoms with Crippen molar-refractivity contribution in [2.45, 2.75) is 37.9 Å². The van der Waals surface area contributed by atoms with Gasteiger partial charge in [-0.3, -0.25) is 9.59 Å². The molecule has 140 valence electrons. The van der Waals surface area contributed by atoms with Gasteiger partial charge in [-0.15, -0.1) is 0 Å². The van der Waals surface area contributed by atoms with E-state index in [0.717, 1.165) is 0 Å². The summed E-state index contributed by atoms with van der Waals surface area (Å²) in [5.74, 6) is -2.38. The number of hydrogen-bond donors (Lipinski definition) is 0. The Bertz CT molecular complexity index is 708. The van der Waals surface area contributed by atoms with E-state index in [4.69, 9.17) is 23.7 Å². The van der Waals surface area contributed by atoms with Crippen LogP contribution in [0.2, 0.25) is 0 Å². The Morgan fingerprint density at radius 2 is 1.92 bits per heavy atom. The van der Waals surface area contributed by atoms with Crippen LogP contribution in [0, 0.1) is 0 Å². The highest BCUT2D eigenvalue weighted by molar-refractivity contribution is 6.37. The quantitative estimate of drug-likeness (QED) is 0.417. The summed E-state index contributed by atoms with van der Waals surface area (Å²) in [6.07, 6.45) is -2.78.